The highest BCUT2D eigenvalue weighted by molar-refractivity contribution is 7.19. The van der Waals surface area contributed by atoms with E-state index in [0.717, 1.165) is 43.8 Å². The van der Waals surface area contributed by atoms with Crippen molar-refractivity contribution >= 4 is 50.1 Å². The summed E-state index contributed by atoms with van der Waals surface area (Å²) in [5, 5.41) is 19.7. The number of carbonyl (C=O) groups is 1. The van der Waals surface area contributed by atoms with Gasteiger partial charge in [0.25, 0.3) is 0 Å². The number of fused-ring (bicyclic) bond motifs is 2. The number of amides is 1. The van der Waals surface area contributed by atoms with Gasteiger partial charge in [-0.2, -0.15) is 0 Å². The van der Waals surface area contributed by atoms with Crippen LogP contribution in [0, 0.1) is 23.5 Å². The lowest BCUT2D eigenvalue weighted by atomic mass is 10.2. The van der Waals surface area contributed by atoms with Crippen LogP contribution in [0.25, 0.3) is 21.1 Å². The molecule has 0 saturated carbocycles. The molecule has 2 aromatic carbocycles. The molecule has 1 aliphatic rings. The highest BCUT2D eigenvalue weighted by atomic mass is 32.1. The SMILES string of the molecule is O=C(O)N[C@H]1CN[C@H](C#Cc2cc3c(Nc4ccc5c(ccn5Cc5cc(F)ccc5F)c4)ncnc3s2)C1. The molecule has 0 bridgehead atoms. The maximum absolute atomic E-state index is 14.1. The molecule has 0 unspecified atom stereocenters. The number of anilines is 2. The van der Waals surface area contributed by atoms with Gasteiger partial charge in [-0.3, -0.25) is 0 Å². The fraction of sp³-hybridized carbons (Fsp3) is 0.179. The molecule has 5 aromatic rings. The van der Waals surface area contributed by atoms with Crippen LogP contribution in [-0.4, -0.2) is 44.4 Å². The van der Waals surface area contributed by atoms with Crippen molar-refractivity contribution in [1.29, 1.82) is 0 Å². The molecule has 3 aromatic heterocycles. The highest BCUT2D eigenvalue weighted by Crippen LogP contribution is 2.31. The molecule has 39 heavy (non-hydrogen) atoms. The molecular weight excluding hydrogens is 522 g/mol. The number of hydrogen-bond acceptors (Lipinski definition) is 6. The molecule has 1 amide bonds. The van der Waals surface area contributed by atoms with Crippen molar-refractivity contribution in [1.82, 2.24) is 25.2 Å². The first kappa shape index (κ1) is 24.8. The quantitative estimate of drug-likeness (QED) is 0.231. The van der Waals surface area contributed by atoms with Crippen molar-refractivity contribution in [3.05, 3.63) is 83.1 Å². The maximum Gasteiger partial charge on any atom is 0.404 e. The minimum Gasteiger partial charge on any atom is -0.465 e. The molecule has 0 aliphatic carbocycles. The monoisotopic (exact) mass is 544 g/mol. The van der Waals surface area contributed by atoms with Gasteiger partial charge in [0.1, 0.15) is 28.6 Å². The number of benzene rings is 2. The summed E-state index contributed by atoms with van der Waals surface area (Å²) >= 11 is 1.46. The molecule has 6 rings (SSSR count). The second-order valence-corrected chi connectivity index (χ2v) is 10.3. The van der Waals surface area contributed by atoms with Crippen LogP contribution in [0.4, 0.5) is 25.1 Å². The minimum atomic E-state index is -1.03. The average Bonchev–Trinajstić information content (AvgIpc) is 3.63. The fourth-order valence-corrected chi connectivity index (χ4v) is 5.57. The lowest BCUT2D eigenvalue weighted by Gasteiger charge is -2.09. The molecule has 0 radical (unpaired) electrons. The van der Waals surface area contributed by atoms with Crippen LogP contribution >= 0.6 is 11.3 Å². The van der Waals surface area contributed by atoms with Crippen LogP contribution in [0.5, 0.6) is 0 Å². The maximum atomic E-state index is 14.1. The second kappa shape index (κ2) is 10.3. The first-order valence-corrected chi connectivity index (χ1v) is 13.0. The molecule has 1 fully saturated rings. The average molecular weight is 545 g/mol. The van der Waals surface area contributed by atoms with E-state index >= 15 is 0 Å². The first-order valence-electron chi connectivity index (χ1n) is 12.2. The van der Waals surface area contributed by atoms with Gasteiger partial charge in [0, 0.05) is 40.9 Å². The summed E-state index contributed by atoms with van der Waals surface area (Å²) in [6.45, 7) is 0.769. The lowest BCUT2D eigenvalue weighted by Crippen LogP contribution is -2.34. The molecule has 1 saturated heterocycles. The second-order valence-electron chi connectivity index (χ2n) is 9.24. The van der Waals surface area contributed by atoms with Crippen molar-refractivity contribution in [2.45, 2.75) is 25.0 Å². The molecular formula is C28H22F2N6O2S. The van der Waals surface area contributed by atoms with E-state index in [4.69, 9.17) is 5.11 Å². The zero-order valence-corrected chi connectivity index (χ0v) is 21.2. The Morgan fingerprint density at radius 2 is 2.08 bits per heavy atom. The van der Waals surface area contributed by atoms with E-state index in [9.17, 15) is 13.6 Å². The molecule has 11 heteroatoms. The third kappa shape index (κ3) is 5.38. The summed E-state index contributed by atoms with van der Waals surface area (Å²) in [5.74, 6) is 6.09. The largest absolute Gasteiger partial charge is 0.465 e. The lowest BCUT2D eigenvalue weighted by molar-refractivity contribution is 0.190. The summed E-state index contributed by atoms with van der Waals surface area (Å²) in [5.41, 5.74) is 2.00. The van der Waals surface area contributed by atoms with Crippen molar-refractivity contribution in [2.75, 3.05) is 11.9 Å². The molecule has 0 spiro atoms. The Bertz CT molecular complexity index is 1770. The smallest absolute Gasteiger partial charge is 0.404 e. The third-order valence-electron chi connectivity index (χ3n) is 6.54. The predicted octanol–water partition coefficient (Wildman–Crippen LogP) is 5.07. The van der Waals surface area contributed by atoms with E-state index in [1.165, 1.54) is 23.7 Å². The zero-order valence-electron chi connectivity index (χ0n) is 20.4. The molecule has 4 heterocycles. The molecule has 4 N–H and O–H groups in total. The number of nitrogens with one attached hydrogen (secondary N) is 3. The Kier molecular flexibility index (Phi) is 6.56. The third-order valence-corrected chi connectivity index (χ3v) is 7.50. The van der Waals surface area contributed by atoms with E-state index < -0.39 is 17.7 Å². The van der Waals surface area contributed by atoms with Crippen LogP contribution < -0.4 is 16.0 Å². The summed E-state index contributed by atoms with van der Waals surface area (Å²) in [6, 6.07) is 12.9. The van der Waals surface area contributed by atoms with Gasteiger partial charge < -0.3 is 25.6 Å². The number of rotatable bonds is 5. The Balaban J connectivity index is 1.20. The number of thiophene rings is 1. The summed E-state index contributed by atoms with van der Waals surface area (Å²) in [6.07, 6.45) is 2.93. The summed E-state index contributed by atoms with van der Waals surface area (Å²) in [4.78, 5) is 21.3. The molecule has 196 valence electrons. The number of carboxylic acid groups (broad SMARTS) is 1. The van der Waals surface area contributed by atoms with Gasteiger partial charge in [0.2, 0.25) is 0 Å². The highest BCUT2D eigenvalue weighted by Gasteiger charge is 2.23. The van der Waals surface area contributed by atoms with Gasteiger partial charge in [-0.25, -0.2) is 23.5 Å². The van der Waals surface area contributed by atoms with Crippen molar-refractivity contribution in [3.8, 4) is 11.8 Å². The topological polar surface area (TPSA) is 104 Å². The normalized spacial score (nSPS) is 16.8. The van der Waals surface area contributed by atoms with Gasteiger partial charge in [0.05, 0.1) is 22.8 Å². The molecule has 2 atom stereocenters. The van der Waals surface area contributed by atoms with Crippen LogP contribution in [0.3, 0.4) is 0 Å². The Labute approximate surface area is 225 Å². The number of hydrogen-bond donors (Lipinski definition) is 4. The Morgan fingerprint density at radius 1 is 1.18 bits per heavy atom. The van der Waals surface area contributed by atoms with Crippen LogP contribution in [0.2, 0.25) is 0 Å². The van der Waals surface area contributed by atoms with E-state index in [0.29, 0.717) is 18.8 Å². The number of aromatic nitrogens is 3. The first-order chi connectivity index (χ1) is 18.9. The van der Waals surface area contributed by atoms with Gasteiger partial charge >= 0.3 is 6.09 Å². The Hall–Kier alpha value is -4.53. The number of halogens is 2. The van der Waals surface area contributed by atoms with Gasteiger partial charge in [-0.05, 0) is 55.0 Å². The van der Waals surface area contributed by atoms with E-state index in [1.807, 2.05) is 41.1 Å². The van der Waals surface area contributed by atoms with Crippen molar-refractivity contribution in [2.24, 2.45) is 0 Å². The number of nitrogens with zero attached hydrogens (tertiary/aromatic N) is 3. The predicted molar refractivity (Wildman–Crippen MR) is 146 cm³/mol. The van der Waals surface area contributed by atoms with Crippen LogP contribution in [-0.2, 0) is 6.54 Å². The van der Waals surface area contributed by atoms with E-state index in [-0.39, 0.29) is 24.2 Å². The van der Waals surface area contributed by atoms with Gasteiger partial charge in [-0.15, -0.1) is 11.3 Å². The van der Waals surface area contributed by atoms with E-state index in [1.54, 1.807) is 0 Å². The summed E-state index contributed by atoms with van der Waals surface area (Å²) < 4.78 is 29.6. The van der Waals surface area contributed by atoms with Crippen LogP contribution in [0.1, 0.15) is 16.9 Å². The zero-order chi connectivity index (χ0) is 26.9. The van der Waals surface area contributed by atoms with Crippen molar-refractivity contribution < 1.29 is 18.7 Å². The van der Waals surface area contributed by atoms with Crippen LogP contribution in [0.15, 0.2) is 61.1 Å². The standard InChI is InChI=1S/C28H22F2N6O2S/c29-18-1-5-24(30)17(9-18)14-36-8-7-16-10-20(3-6-25(16)36)34-26-23-12-22(39-27(23)33-15-32-26)4-2-19-11-21(13-31-19)35-28(37)38/h1,3,5-10,12,15,19,21,31,35H,11,13-14H2,(H,37,38)(H,32,33,34)/t19-,21-/m1/s1. The van der Waals surface area contributed by atoms with Gasteiger partial charge in [0.15, 0.2) is 0 Å². The van der Waals surface area contributed by atoms with Crippen molar-refractivity contribution in [3.63, 3.8) is 0 Å². The minimum absolute atomic E-state index is 0.0906. The molecule has 8 nitrogen and oxygen atoms in total. The fourth-order valence-electron chi connectivity index (χ4n) is 4.71. The van der Waals surface area contributed by atoms with E-state index in [2.05, 4.69) is 37.8 Å². The Morgan fingerprint density at radius 3 is 2.95 bits per heavy atom. The molecule has 1 aliphatic heterocycles. The summed E-state index contributed by atoms with van der Waals surface area (Å²) in [7, 11) is 0. The van der Waals surface area contributed by atoms with Gasteiger partial charge in [-0.1, -0.05) is 11.8 Å².